The van der Waals surface area contributed by atoms with Crippen molar-refractivity contribution in [3.8, 4) is 21.7 Å². The third kappa shape index (κ3) is 2.35. The van der Waals surface area contributed by atoms with E-state index in [1.807, 2.05) is 43.3 Å². The summed E-state index contributed by atoms with van der Waals surface area (Å²) < 4.78 is 0. The van der Waals surface area contributed by atoms with Gasteiger partial charge in [0, 0.05) is 17.4 Å². The van der Waals surface area contributed by atoms with Crippen molar-refractivity contribution in [1.82, 2.24) is 9.97 Å². The highest BCUT2D eigenvalue weighted by Gasteiger charge is 2.13. The van der Waals surface area contributed by atoms with Gasteiger partial charge in [0.25, 0.3) is 0 Å². The van der Waals surface area contributed by atoms with E-state index in [9.17, 15) is 0 Å². The molecule has 0 aliphatic heterocycles. The molecule has 4 N–H and O–H groups in total. The third-order valence-electron chi connectivity index (χ3n) is 2.94. The lowest BCUT2D eigenvalue weighted by molar-refractivity contribution is 1.28. The predicted octanol–water partition coefficient (Wildman–Crippen LogP) is 3.34. The Morgan fingerprint density at radius 1 is 1.05 bits per heavy atom. The summed E-state index contributed by atoms with van der Waals surface area (Å²) in [5.74, 6) is 0.492. The van der Waals surface area contributed by atoms with Gasteiger partial charge in [-0.05, 0) is 36.8 Å². The average Bonchev–Trinajstić information content (AvgIpc) is 2.81. The number of hydrogen-bond acceptors (Lipinski definition) is 5. The van der Waals surface area contributed by atoms with E-state index in [0.29, 0.717) is 5.82 Å². The molecular formula is C15H14N4S. The fraction of sp³-hybridized carbons (Fsp3) is 0.0667. The Labute approximate surface area is 121 Å². The summed E-state index contributed by atoms with van der Waals surface area (Å²) in [6.45, 7) is 1.99. The first-order chi connectivity index (χ1) is 9.63. The maximum Gasteiger partial charge on any atom is 0.123 e. The molecule has 3 aromatic rings. The van der Waals surface area contributed by atoms with E-state index in [0.717, 1.165) is 32.4 Å². The first kappa shape index (κ1) is 12.6. The zero-order valence-corrected chi connectivity index (χ0v) is 11.8. The molecule has 2 aromatic heterocycles. The van der Waals surface area contributed by atoms with Gasteiger partial charge in [-0.15, -0.1) is 11.3 Å². The van der Waals surface area contributed by atoms with Gasteiger partial charge in [-0.25, -0.2) is 9.97 Å². The summed E-state index contributed by atoms with van der Waals surface area (Å²) in [6, 6.07) is 11.6. The van der Waals surface area contributed by atoms with Crippen molar-refractivity contribution in [1.29, 1.82) is 0 Å². The largest absolute Gasteiger partial charge is 0.399 e. The van der Waals surface area contributed by atoms with E-state index < -0.39 is 0 Å². The lowest BCUT2D eigenvalue weighted by atomic mass is 10.1. The topological polar surface area (TPSA) is 77.8 Å². The zero-order chi connectivity index (χ0) is 14.1. The summed E-state index contributed by atoms with van der Waals surface area (Å²) in [7, 11) is 0. The van der Waals surface area contributed by atoms with E-state index in [-0.39, 0.29) is 0 Å². The molecule has 0 saturated heterocycles. The number of anilines is 2. The molecule has 2 heterocycles. The summed E-state index contributed by atoms with van der Waals surface area (Å²) in [5, 5.41) is 1.01. The van der Waals surface area contributed by atoms with E-state index in [4.69, 9.17) is 11.5 Å². The second-order valence-corrected chi connectivity index (χ2v) is 5.71. The number of rotatable bonds is 2. The number of nitrogens with zero attached hydrogens (tertiary/aromatic N) is 2. The molecule has 0 atom stereocenters. The highest BCUT2D eigenvalue weighted by Crippen LogP contribution is 2.37. The second-order valence-electron chi connectivity index (χ2n) is 4.51. The van der Waals surface area contributed by atoms with Crippen molar-refractivity contribution >= 4 is 22.8 Å². The fourth-order valence-corrected chi connectivity index (χ4v) is 3.03. The standard InChI is InChI=1S/C15H14N4S/c1-9-19-14(10-5-6-18-13(17)8-10)15(20-9)11-3-2-4-12(16)7-11/h2-8H,16H2,1H3,(H2,17,18). The lowest BCUT2D eigenvalue weighted by Gasteiger charge is -2.04. The number of thiazole rings is 1. The molecule has 0 saturated carbocycles. The lowest BCUT2D eigenvalue weighted by Crippen LogP contribution is -1.91. The normalized spacial score (nSPS) is 10.7. The SMILES string of the molecule is Cc1nc(-c2ccnc(N)c2)c(-c2cccc(N)c2)s1. The monoisotopic (exact) mass is 282 g/mol. The Bertz CT molecular complexity index is 701. The molecule has 0 aliphatic rings. The van der Waals surface area contributed by atoms with E-state index >= 15 is 0 Å². The van der Waals surface area contributed by atoms with Gasteiger partial charge in [0.15, 0.2) is 0 Å². The van der Waals surface area contributed by atoms with Gasteiger partial charge < -0.3 is 11.5 Å². The molecule has 0 radical (unpaired) electrons. The Kier molecular flexibility index (Phi) is 3.12. The predicted molar refractivity (Wildman–Crippen MR) is 84.3 cm³/mol. The minimum absolute atomic E-state index is 0.492. The van der Waals surface area contributed by atoms with Crippen molar-refractivity contribution < 1.29 is 0 Å². The van der Waals surface area contributed by atoms with Gasteiger partial charge in [-0.2, -0.15) is 0 Å². The number of nitrogen functional groups attached to an aromatic ring is 2. The minimum Gasteiger partial charge on any atom is -0.399 e. The first-order valence-corrected chi connectivity index (χ1v) is 7.00. The van der Waals surface area contributed by atoms with Crippen LogP contribution < -0.4 is 11.5 Å². The van der Waals surface area contributed by atoms with E-state index in [1.165, 1.54) is 0 Å². The second kappa shape index (κ2) is 4.94. The number of hydrogen-bond donors (Lipinski definition) is 2. The average molecular weight is 282 g/mol. The molecule has 3 rings (SSSR count). The highest BCUT2D eigenvalue weighted by atomic mass is 32.1. The quantitative estimate of drug-likeness (QED) is 0.707. The van der Waals surface area contributed by atoms with Gasteiger partial charge in [0.2, 0.25) is 0 Å². The van der Waals surface area contributed by atoms with Gasteiger partial charge >= 0.3 is 0 Å². The Balaban J connectivity index is 2.18. The zero-order valence-electron chi connectivity index (χ0n) is 11.0. The summed E-state index contributed by atoms with van der Waals surface area (Å²) in [4.78, 5) is 9.74. The summed E-state index contributed by atoms with van der Waals surface area (Å²) >= 11 is 1.65. The van der Waals surface area contributed by atoms with Crippen LogP contribution in [0.5, 0.6) is 0 Å². The molecule has 4 nitrogen and oxygen atoms in total. The maximum absolute atomic E-state index is 5.87. The highest BCUT2D eigenvalue weighted by molar-refractivity contribution is 7.15. The number of pyridine rings is 1. The van der Waals surface area contributed by atoms with Crippen LogP contribution in [0.4, 0.5) is 11.5 Å². The van der Waals surface area contributed by atoms with Crippen LogP contribution >= 0.6 is 11.3 Å². The molecule has 1 aromatic carbocycles. The summed E-state index contributed by atoms with van der Waals surface area (Å²) in [5.41, 5.74) is 15.3. The molecule has 5 heteroatoms. The van der Waals surface area contributed by atoms with Crippen molar-refractivity contribution in [2.45, 2.75) is 6.92 Å². The van der Waals surface area contributed by atoms with Crippen LogP contribution in [0.3, 0.4) is 0 Å². The number of aromatic nitrogens is 2. The fourth-order valence-electron chi connectivity index (χ4n) is 2.09. The third-order valence-corrected chi connectivity index (χ3v) is 3.96. The van der Waals surface area contributed by atoms with Crippen molar-refractivity contribution in [3.63, 3.8) is 0 Å². The Morgan fingerprint density at radius 3 is 2.65 bits per heavy atom. The number of nitrogens with two attached hydrogens (primary N) is 2. The first-order valence-electron chi connectivity index (χ1n) is 6.19. The van der Waals surface area contributed by atoms with Crippen LogP contribution in [0.2, 0.25) is 0 Å². The van der Waals surface area contributed by atoms with Gasteiger partial charge in [-0.3, -0.25) is 0 Å². The van der Waals surface area contributed by atoms with E-state index in [2.05, 4.69) is 9.97 Å². The van der Waals surface area contributed by atoms with Crippen LogP contribution in [-0.4, -0.2) is 9.97 Å². The molecule has 0 amide bonds. The van der Waals surface area contributed by atoms with Crippen LogP contribution in [0.1, 0.15) is 5.01 Å². The number of aryl methyl sites for hydroxylation is 1. The van der Waals surface area contributed by atoms with E-state index in [1.54, 1.807) is 17.5 Å². The van der Waals surface area contributed by atoms with Gasteiger partial charge in [0.1, 0.15) is 5.82 Å². The van der Waals surface area contributed by atoms with Crippen molar-refractivity contribution in [3.05, 3.63) is 47.6 Å². The molecule has 0 fully saturated rings. The number of benzene rings is 1. The molecule has 20 heavy (non-hydrogen) atoms. The Morgan fingerprint density at radius 2 is 1.90 bits per heavy atom. The van der Waals surface area contributed by atoms with Crippen LogP contribution in [0, 0.1) is 6.92 Å². The smallest absolute Gasteiger partial charge is 0.123 e. The molecule has 0 aliphatic carbocycles. The molecule has 0 spiro atoms. The van der Waals surface area contributed by atoms with Crippen molar-refractivity contribution in [2.24, 2.45) is 0 Å². The maximum atomic E-state index is 5.87. The van der Waals surface area contributed by atoms with Crippen LogP contribution in [0.15, 0.2) is 42.6 Å². The van der Waals surface area contributed by atoms with Gasteiger partial charge in [0.05, 0.1) is 15.6 Å². The summed E-state index contributed by atoms with van der Waals surface area (Å²) in [6.07, 6.45) is 1.70. The molecular weight excluding hydrogens is 268 g/mol. The van der Waals surface area contributed by atoms with Crippen LogP contribution in [0.25, 0.3) is 21.7 Å². The molecule has 100 valence electrons. The molecule has 0 bridgehead atoms. The molecule has 0 unspecified atom stereocenters. The van der Waals surface area contributed by atoms with Crippen molar-refractivity contribution in [2.75, 3.05) is 11.5 Å². The Hall–Kier alpha value is -2.40. The minimum atomic E-state index is 0.492. The van der Waals surface area contributed by atoms with Crippen LogP contribution in [-0.2, 0) is 0 Å². The van der Waals surface area contributed by atoms with Gasteiger partial charge in [-0.1, -0.05) is 12.1 Å².